The average molecular weight is 276 g/mol. The molecule has 0 saturated carbocycles. The van der Waals surface area contributed by atoms with Crippen molar-refractivity contribution in [2.45, 2.75) is 13.8 Å². The minimum absolute atomic E-state index is 0.622. The molecule has 3 heteroatoms. The van der Waals surface area contributed by atoms with Crippen molar-refractivity contribution in [3.05, 3.63) is 58.6 Å². The molecule has 2 aromatic rings. The van der Waals surface area contributed by atoms with E-state index in [1.807, 2.05) is 24.3 Å². The summed E-state index contributed by atoms with van der Waals surface area (Å²) in [4.78, 5) is 0. The van der Waals surface area contributed by atoms with Crippen molar-refractivity contribution >= 4 is 17.3 Å². The van der Waals surface area contributed by atoms with Gasteiger partial charge in [-0.05, 0) is 49.2 Å². The summed E-state index contributed by atoms with van der Waals surface area (Å²) in [5, 5.41) is 4.02. The van der Waals surface area contributed by atoms with E-state index in [4.69, 9.17) is 16.3 Å². The lowest BCUT2D eigenvalue weighted by Crippen LogP contribution is -2.11. The van der Waals surface area contributed by atoms with E-state index < -0.39 is 0 Å². The van der Waals surface area contributed by atoms with Crippen LogP contribution in [-0.2, 0) is 0 Å². The van der Waals surface area contributed by atoms with Crippen LogP contribution < -0.4 is 10.1 Å². The molecule has 0 atom stereocenters. The Morgan fingerprint density at radius 1 is 1.11 bits per heavy atom. The molecule has 0 aliphatic rings. The van der Waals surface area contributed by atoms with Gasteiger partial charge in [-0.2, -0.15) is 0 Å². The van der Waals surface area contributed by atoms with E-state index in [1.165, 1.54) is 5.56 Å². The SMILES string of the molecule is Cc1ccc(C)c(OCCNc2cccc(Cl)c2)c1. The van der Waals surface area contributed by atoms with Crippen molar-refractivity contribution in [2.75, 3.05) is 18.5 Å². The highest BCUT2D eigenvalue weighted by Gasteiger charge is 1.99. The number of aryl methyl sites for hydroxylation is 2. The highest BCUT2D eigenvalue weighted by Crippen LogP contribution is 2.19. The lowest BCUT2D eigenvalue weighted by Gasteiger charge is -2.11. The summed E-state index contributed by atoms with van der Waals surface area (Å²) in [6, 6.07) is 13.9. The molecule has 100 valence electrons. The first kappa shape index (κ1) is 13.8. The van der Waals surface area contributed by atoms with Gasteiger partial charge in [0.25, 0.3) is 0 Å². The maximum Gasteiger partial charge on any atom is 0.122 e. The second-order valence-corrected chi connectivity index (χ2v) is 4.99. The summed E-state index contributed by atoms with van der Waals surface area (Å²) in [5.74, 6) is 0.952. The smallest absolute Gasteiger partial charge is 0.122 e. The van der Waals surface area contributed by atoms with Gasteiger partial charge in [-0.1, -0.05) is 29.8 Å². The predicted molar refractivity (Wildman–Crippen MR) is 81.4 cm³/mol. The molecule has 0 heterocycles. The van der Waals surface area contributed by atoms with Gasteiger partial charge < -0.3 is 10.1 Å². The van der Waals surface area contributed by atoms with Crippen molar-refractivity contribution in [3.63, 3.8) is 0 Å². The van der Waals surface area contributed by atoms with E-state index in [0.717, 1.165) is 28.6 Å². The van der Waals surface area contributed by atoms with Gasteiger partial charge in [-0.15, -0.1) is 0 Å². The van der Waals surface area contributed by atoms with Gasteiger partial charge in [0, 0.05) is 17.3 Å². The fourth-order valence-electron chi connectivity index (χ4n) is 1.82. The minimum Gasteiger partial charge on any atom is -0.491 e. The Balaban J connectivity index is 1.82. The third-order valence-corrected chi connectivity index (χ3v) is 3.09. The molecule has 0 amide bonds. The Morgan fingerprint density at radius 3 is 2.74 bits per heavy atom. The molecule has 0 spiro atoms. The van der Waals surface area contributed by atoms with Gasteiger partial charge >= 0.3 is 0 Å². The molecule has 0 aromatic heterocycles. The van der Waals surface area contributed by atoms with Gasteiger partial charge in [0.05, 0.1) is 0 Å². The molecule has 2 rings (SSSR count). The lowest BCUT2D eigenvalue weighted by molar-refractivity contribution is 0.330. The van der Waals surface area contributed by atoms with Crippen molar-refractivity contribution < 1.29 is 4.74 Å². The van der Waals surface area contributed by atoms with Gasteiger partial charge in [-0.25, -0.2) is 0 Å². The molecule has 19 heavy (non-hydrogen) atoms. The number of hydrogen-bond acceptors (Lipinski definition) is 2. The second kappa shape index (κ2) is 6.48. The van der Waals surface area contributed by atoms with Crippen LogP contribution in [0.3, 0.4) is 0 Å². The number of rotatable bonds is 5. The van der Waals surface area contributed by atoms with E-state index in [-0.39, 0.29) is 0 Å². The van der Waals surface area contributed by atoms with Gasteiger partial charge in [0.15, 0.2) is 0 Å². The first-order valence-electron chi connectivity index (χ1n) is 6.34. The number of anilines is 1. The van der Waals surface area contributed by atoms with Crippen LogP contribution in [0.5, 0.6) is 5.75 Å². The third kappa shape index (κ3) is 4.18. The van der Waals surface area contributed by atoms with Crippen LogP contribution in [0.1, 0.15) is 11.1 Å². The molecule has 0 saturated heterocycles. The van der Waals surface area contributed by atoms with Crippen LogP contribution in [0, 0.1) is 13.8 Å². The summed E-state index contributed by atoms with van der Waals surface area (Å²) < 4.78 is 5.77. The first-order valence-corrected chi connectivity index (χ1v) is 6.72. The number of nitrogens with one attached hydrogen (secondary N) is 1. The Labute approximate surface area is 119 Å². The van der Waals surface area contributed by atoms with Crippen LogP contribution in [0.15, 0.2) is 42.5 Å². The third-order valence-electron chi connectivity index (χ3n) is 2.86. The van der Waals surface area contributed by atoms with E-state index in [1.54, 1.807) is 0 Å². The van der Waals surface area contributed by atoms with Crippen molar-refractivity contribution in [3.8, 4) is 5.75 Å². The number of benzene rings is 2. The molecule has 0 aliphatic heterocycles. The predicted octanol–water partition coefficient (Wildman–Crippen LogP) is 4.45. The minimum atomic E-state index is 0.622. The summed E-state index contributed by atoms with van der Waals surface area (Å²) in [5.41, 5.74) is 3.38. The van der Waals surface area contributed by atoms with Gasteiger partial charge in [-0.3, -0.25) is 0 Å². The summed E-state index contributed by atoms with van der Waals surface area (Å²) in [6.45, 7) is 5.49. The fraction of sp³-hybridized carbons (Fsp3) is 0.250. The quantitative estimate of drug-likeness (QED) is 0.814. The maximum atomic E-state index is 5.92. The highest BCUT2D eigenvalue weighted by molar-refractivity contribution is 6.30. The molecule has 1 N–H and O–H groups in total. The van der Waals surface area contributed by atoms with Crippen molar-refractivity contribution in [1.82, 2.24) is 0 Å². The highest BCUT2D eigenvalue weighted by atomic mass is 35.5. The number of hydrogen-bond donors (Lipinski definition) is 1. The zero-order valence-corrected chi connectivity index (χ0v) is 12.0. The number of halogens is 1. The zero-order valence-electron chi connectivity index (χ0n) is 11.2. The van der Waals surface area contributed by atoms with E-state index in [2.05, 4.69) is 37.4 Å². The molecule has 2 aromatic carbocycles. The first-order chi connectivity index (χ1) is 9.15. The van der Waals surface area contributed by atoms with Crippen LogP contribution in [0.25, 0.3) is 0 Å². The molecular formula is C16H18ClNO. The number of ether oxygens (including phenoxy) is 1. The van der Waals surface area contributed by atoms with Crippen LogP contribution >= 0.6 is 11.6 Å². The van der Waals surface area contributed by atoms with Crippen LogP contribution in [0.4, 0.5) is 5.69 Å². The van der Waals surface area contributed by atoms with Gasteiger partial charge in [0.1, 0.15) is 12.4 Å². The zero-order chi connectivity index (χ0) is 13.7. The standard InChI is InChI=1S/C16H18ClNO/c1-12-6-7-13(2)16(10-12)19-9-8-18-15-5-3-4-14(17)11-15/h3-7,10-11,18H,8-9H2,1-2H3. The van der Waals surface area contributed by atoms with E-state index >= 15 is 0 Å². The molecule has 2 nitrogen and oxygen atoms in total. The molecule has 0 radical (unpaired) electrons. The maximum absolute atomic E-state index is 5.92. The average Bonchev–Trinajstić information content (AvgIpc) is 2.39. The monoisotopic (exact) mass is 275 g/mol. The molecule has 0 bridgehead atoms. The van der Waals surface area contributed by atoms with Gasteiger partial charge in [0.2, 0.25) is 0 Å². The molecule has 0 fully saturated rings. The molecule has 0 aliphatic carbocycles. The summed E-state index contributed by atoms with van der Waals surface area (Å²) in [7, 11) is 0. The Morgan fingerprint density at radius 2 is 1.95 bits per heavy atom. The second-order valence-electron chi connectivity index (χ2n) is 4.55. The van der Waals surface area contributed by atoms with Crippen LogP contribution in [0.2, 0.25) is 5.02 Å². The van der Waals surface area contributed by atoms with Crippen molar-refractivity contribution in [2.24, 2.45) is 0 Å². The van der Waals surface area contributed by atoms with E-state index in [0.29, 0.717) is 6.61 Å². The molecule has 0 unspecified atom stereocenters. The lowest BCUT2D eigenvalue weighted by atomic mass is 10.1. The Hall–Kier alpha value is -1.67. The normalized spacial score (nSPS) is 10.3. The summed E-state index contributed by atoms with van der Waals surface area (Å²) >= 11 is 5.92. The Bertz CT molecular complexity index is 554. The Kier molecular flexibility index (Phi) is 4.69. The van der Waals surface area contributed by atoms with E-state index in [9.17, 15) is 0 Å². The summed E-state index contributed by atoms with van der Waals surface area (Å²) in [6.07, 6.45) is 0. The van der Waals surface area contributed by atoms with Crippen LogP contribution in [-0.4, -0.2) is 13.2 Å². The fourth-order valence-corrected chi connectivity index (χ4v) is 2.01. The van der Waals surface area contributed by atoms with Crippen molar-refractivity contribution in [1.29, 1.82) is 0 Å². The molecular weight excluding hydrogens is 258 g/mol. The largest absolute Gasteiger partial charge is 0.491 e. The topological polar surface area (TPSA) is 21.3 Å².